The van der Waals surface area contributed by atoms with Crippen LogP contribution < -0.4 is 15.4 Å². The van der Waals surface area contributed by atoms with Crippen LogP contribution in [-0.2, 0) is 20.7 Å². The average Bonchev–Trinajstić information content (AvgIpc) is 3.36. The van der Waals surface area contributed by atoms with Crippen molar-refractivity contribution in [1.29, 1.82) is 0 Å². The zero-order valence-corrected chi connectivity index (χ0v) is 27.3. The van der Waals surface area contributed by atoms with Crippen LogP contribution in [0.3, 0.4) is 0 Å². The first kappa shape index (κ1) is 35.8. The monoisotopic (exact) mass is 641 g/mol. The number of ether oxygens (including phenoxy) is 3. The summed E-state index contributed by atoms with van der Waals surface area (Å²) in [6, 6.07) is 9.43. The fourth-order valence-electron chi connectivity index (χ4n) is 6.73. The van der Waals surface area contributed by atoms with E-state index in [0.717, 1.165) is 43.2 Å². The van der Waals surface area contributed by atoms with Crippen LogP contribution >= 0.6 is 0 Å². The normalized spacial score (nSPS) is 20.8. The molecule has 1 aromatic heterocycles. The molecule has 0 saturated heterocycles. The Labute approximate surface area is 272 Å². The molecule has 0 bridgehead atoms. The summed E-state index contributed by atoms with van der Waals surface area (Å²) in [6.45, 7) is 5.01. The molecule has 0 radical (unpaired) electrons. The minimum absolute atomic E-state index is 0.0572. The van der Waals surface area contributed by atoms with Crippen molar-refractivity contribution in [3.05, 3.63) is 59.4 Å². The largest absolute Gasteiger partial charge is 0.489 e. The molecule has 0 unspecified atom stereocenters. The van der Waals surface area contributed by atoms with Gasteiger partial charge in [0.15, 0.2) is 11.4 Å². The summed E-state index contributed by atoms with van der Waals surface area (Å²) in [4.78, 5) is 31.6. The lowest BCUT2D eigenvalue weighted by Crippen LogP contribution is -2.55. The van der Waals surface area contributed by atoms with Crippen LogP contribution in [-0.4, -0.2) is 90.0 Å². The van der Waals surface area contributed by atoms with E-state index in [1.54, 1.807) is 19.2 Å². The first-order valence-corrected chi connectivity index (χ1v) is 16.6. The summed E-state index contributed by atoms with van der Waals surface area (Å²) < 4.78 is 16.2. The van der Waals surface area contributed by atoms with Crippen LogP contribution in [0.2, 0.25) is 0 Å². The molecule has 1 saturated carbocycles. The first-order valence-electron chi connectivity index (χ1n) is 16.6. The van der Waals surface area contributed by atoms with Gasteiger partial charge in [-0.05, 0) is 41.5 Å². The predicted molar refractivity (Wildman–Crippen MR) is 172 cm³/mol. The molecule has 5 N–H and O–H groups in total. The van der Waals surface area contributed by atoms with Crippen LogP contribution in [0.25, 0.3) is 0 Å². The van der Waals surface area contributed by atoms with Crippen molar-refractivity contribution in [3.63, 3.8) is 0 Å². The lowest BCUT2D eigenvalue weighted by Gasteiger charge is -2.36. The lowest BCUT2D eigenvalue weighted by molar-refractivity contribution is -0.137. The predicted octanol–water partition coefficient (Wildman–Crippen LogP) is 2.96. The number of nitrogens with one attached hydrogen (secondary N) is 2. The van der Waals surface area contributed by atoms with Gasteiger partial charge >= 0.3 is 0 Å². The Morgan fingerprint density at radius 3 is 2.46 bits per heavy atom. The highest BCUT2D eigenvalue weighted by molar-refractivity contribution is 5.95. The summed E-state index contributed by atoms with van der Waals surface area (Å²) in [5.74, 6) is -1.81. The molecule has 0 spiro atoms. The number of rotatable bonds is 17. The van der Waals surface area contributed by atoms with E-state index in [1.165, 1.54) is 6.20 Å². The Morgan fingerprint density at radius 2 is 1.72 bits per heavy atom. The number of aliphatic hydroxyl groups is 3. The molecular formula is C35H51N3O8. The molecule has 46 heavy (non-hydrogen) atoms. The SMILES string of the molecule is COCCOCCOc1cccnc1C(=O)N[C@@H](CC1CCCCC1)[C@@H](O)[C@H](O)[C@H](C(=O)N[C@H]1c2ccccc2C[C@H]1O)C(C)C. The van der Waals surface area contributed by atoms with Gasteiger partial charge in [-0.3, -0.25) is 9.59 Å². The van der Waals surface area contributed by atoms with Crippen LogP contribution in [0, 0.1) is 17.8 Å². The van der Waals surface area contributed by atoms with Gasteiger partial charge in [0.25, 0.3) is 5.91 Å². The van der Waals surface area contributed by atoms with Crippen molar-refractivity contribution in [2.45, 2.75) is 89.2 Å². The molecule has 1 fully saturated rings. The molecule has 11 heteroatoms. The van der Waals surface area contributed by atoms with E-state index in [1.807, 2.05) is 38.1 Å². The van der Waals surface area contributed by atoms with Gasteiger partial charge in [0, 0.05) is 19.7 Å². The number of benzene rings is 1. The summed E-state index contributed by atoms with van der Waals surface area (Å²) in [5, 5.41) is 39.9. The summed E-state index contributed by atoms with van der Waals surface area (Å²) in [6.07, 6.45) is 3.86. The third kappa shape index (κ3) is 9.48. The topological polar surface area (TPSA) is 159 Å². The molecule has 0 aliphatic heterocycles. The van der Waals surface area contributed by atoms with Gasteiger partial charge in [0.2, 0.25) is 5.91 Å². The van der Waals surface area contributed by atoms with E-state index in [2.05, 4.69) is 15.6 Å². The van der Waals surface area contributed by atoms with Gasteiger partial charge in [-0.15, -0.1) is 0 Å². The molecular weight excluding hydrogens is 590 g/mol. The highest BCUT2D eigenvalue weighted by Crippen LogP contribution is 2.33. The molecule has 254 valence electrons. The van der Waals surface area contributed by atoms with Crippen molar-refractivity contribution in [2.75, 3.05) is 33.5 Å². The van der Waals surface area contributed by atoms with Gasteiger partial charge in [-0.1, -0.05) is 70.2 Å². The highest BCUT2D eigenvalue weighted by atomic mass is 16.5. The maximum absolute atomic E-state index is 13.7. The highest BCUT2D eigenvalue weighted by Gasteiger charge is 2.42. The second-order valence-corrected chi connectivity index (χ2v) is 12.8. The van der Waals surface area contributed by atoms with Gasteiger partial charge in [0.1, 0.15) is 12.7 Å². The Balaban J connectivity index is 1.49. The molecule has 1 heterocycles. The Bertz CT molecular complexity index is 1250. The number of aromatic nitrogens is 1. The van der Waals surface area contributed by atoms with E-state index in [9.17, 15) is 24.9 Å². The van der Waals surface area contributed by atoms with E-state index in [0.29, 0.717) is 32.7 Å². The fourth-order valence-corrected chi connectivity index (χ4v) is 6.73. The maximum Gasteiger partial charge on any atom is 0.274 e. The molecule has 1 aromatic carbocycles. The number of pyridine rings is 1. The number of fused-ring (bicyclic) bond motifs is 1. The van der Waals surface area contributed by atoms with Crippen molar-refractivity contribution in [3.8, 4) is 5.75 Å². The van der Waals surface area contributed by atoms with Gasteiger partial charge in [0.05, 0.1) is 50.0 Å². The molecule has 6 atom stereocenters. The van der Waals surface area contributed by atoms with Crippen LogP contribution in [0.1, 0.15) is 80.0 Å². The van der Waals surface area contributed by atoms with Crippen molar-refractivity contribution >= 4 is 11.8 Å². The number of amides is 2. The first-order chi connectivity index (χ1) is 22.2. The molecule has 4 rings (SSSR count). The average molecular weight is 642 g/mol. The zero-order valence-electron chi connectivity index (χ0n) is 27.3. The van der Waals surface area contributed by atoms with Gasteiger partial charge < -0.3 is 40.2 Å². The summed E-state index contributed by atoms with van der Waals surface area (Å²) in [7, 11) is 1.59. The third-order valence-corrected chi connectivity index (χ3v) is 9.18. The second-order valence-electron chi connectivity index (χ2n) is 12.8. The molecule has 2 aliphatic rings. The summed E-state index contributed by atoms with van der Waals surface area (Å²) >= 11 is 0. The maximum atomic E-state index is 13.7. The van der Waals surface area contributed by atoms with Crippen LogP contribution in [0.4, 0.5) is 0 Å². The number of aliphatic hydroxyl groups excluding tert-OH is 3. The van der Waals surface area contributed by atoms with Crippen molar-refractivity contribution in [1.82, 2.24) is 15.6 Å². The van der Waals surface area contributed by atoms with E-state index < -0.39 is 48.1 Å². The van der Waals surface area contributed by atoms with E-state index in [4.69, 9.17) is 14.2 Å². The molecule has 2 aliphatic carbocycles. The van der Waals surface area contributed by atoms with Crippen molar-refractivity contribution < 1.29 is 39.1 Å². The standard InChI is InChI=1S/C35H51N3O8/c1-22(2)29(34(42)38-30-25-13-8-7-12-24(25)21-27(30)39)33(41)32(40)26(20-23-10-5-4-6-11-23)37-35(43)31-28(14-9-15-36-31)46-19-18-45-17-16-44-3/h7-9,12-15,22-23,26-27,29-30,32-33,39-41H,4-6,10-11,16-21H2,1-3H3,(H,37,43)(H,38,42)/t26-,27+,29+,30-,32+,33+/m0/s1. The zero-order chi connectivity index (χ0) is 33.1. The minimum atomic E-state index is -1.48. The fraction of sp³-hybridized carbons (Fsp3) is 0.629. The Hall–Kier alpha value is -3.09. The number of hydrogen-bond donors (Lipinski definition) is 5. The van der Waals surface area contributed by atoms with Crippen molar-refractivity contribution in [2.24, 2.45) is 17.8 Å². The Kier molecular flexibility index (Phi) is 13.8. The molecule has 2 aromatic rings. The third-order valence-electron chi connectivity index (χ3n) is 9.18. The Morgan fingerprint density at radius 1 is 0.978 bits per heavy atom. The number of carbonyl (C=O) groups excluding carboxylic acids is 2. The molecule has 2 amide bonds. The number of hydrogen-bond acceptors (Lipinski definition) is 9. The smallest absolute Gasteiger partial charge is 0.274 e. The van der Waals surface area contributed by atoms with E-state index in [-0.39, 0.29) is 29.9 Å². The number of nitrogens with zero attached hydrogens (tertiary/aromatic N) is 1. The number of carbonyl (C=O) groups is 2. The minimum Gasteiger partial charge on any atom is -0.489 e. The lowest BCUT2D eigenvalue weighted by atomic mass is 9.79. The quantitative estimate of drug-likeness (QED) is 0.164. The van der Waals surface area contributed by atoms with Gasteiger partial charge in [-0.2, -0.15) is 0 Å². The van der Waals surface area contributed by atoms with Gasteiger partial charge in [-0.25, -0.2) is 4.98 Å². The van der Waals surface area contributed by atoms with Crippen LogP contribution in [0.15, 0.2) is 42.6 Å². The number of methoxy groups -OCH3 is 1. The van der Waals surface area contributed by atoms with E-state index >= 15 is 0 Å². The summed E-state index contributed by atoms with van der Waals surface area (Å²) in [5.41, 5.74) is 1.87. The molecule has 11 nitrogen and oxygen atoms in total. The second kappa shape index (κ2) is 17.7. The van der Waals surface area contributed by atoms with Crippen LogP contribution in [0.5, 0.6) is 5.75 Å².